The number of carbonyl (C=O) groups excluding carboxylic acids is 1. The molecule has 0 fully saturated rings. The number of amides is 1. The Morgan fingerprint density at radius 1 is 1.07 bits per heavy atom. The number of hydrogen-bond acceptors (Lipinski definition) is 3. The highest BCUT2D eigenvalue weighted by atomic mass is 19.1. The summed E-state index contributed by atoms with van der Waals surface area (Å²) in [6.45, 7) is 4.39. The van der Waals surface area contributed by atoms with Crippen molar-refractivity contribution < 1.29 is 18.0 Å². The maximum absolute atomic E-state index is 13.5. The fourth-order valence-electron chi connectivity index (χ4n) is 3.53. The standard InChI is InChI=1S/C22H19F3N4O/c1-14(12-28-13-15-3-4-17(23)11-20(15)27-28)2-5-22(30)29-21(6-7-26-29)16-8-18(24)10-19(25)9-16/h3-4,7-11,13,21H,1-2,5-6,12H2. The summed E-state index contributed by atoms with van der Waals surface area (Å²) in [5, 5.41) is 10.5. The van der Waals surface area contributed by atoms with Gasteiger partial charge >= 0.3 is 0 Å². The average molecular weight is 412 g/mol. The van der Waals surface area contributed by atoms with Gasteiger partial charge in [-0.15, -0.1) is 0 Å². The quantitative estimate of drug-likeness (QED) is 0.549. The Morgan fingerprint density at radius 3 is 2.60 bits per heavy atom. The van der Waals surface area contributed by atoms with Crippen molar-refractivity contribution in [1.82, 2.24) is 14.8 Å². The molecule has 0 saturated heterocycles. The van der Waals surface area contributed by atoms with Gasteiger partial charge in [-0.1, -0.05) is 12.2 Å². The van der Waals surface area contributed by atoms with Gasteiger partial charge in [0.15, 0.2) is 0 Å². The number of aromatic nitrogens is 2. The van der Waals surface area contributed by atoms with E-state index in [0.29, 0.717) is 30.5 Å². The highest BCUT2D eigenvalue weighted by Crippen LogP contribution is 2.30. The number of halogens is 3. The molecule has 30 heavy (non-hydrogen) atoms. The molecule has 0 radical (unpaired) electrons. The molecule has 0 bridgehead atoms. The molecule has 0 N–H and O–H groups in total. The van der Waals surface area contributed by atoms with E-state index < -0.39 is 17.7 Å². The molecule has 0 aliphatic carbocycles. The summed E-state index contributed by atoms with van der Waals surface area (Å²) in [6.07, 6.45) is 4.31. The maximum atomic E-state index is 13.5. The Bertz CT molecular complexity index is 1130. The number of nitrogens with zero attached hydrogens (tertiary/aromatic N) is 4. The van der Waals surface area contributed by atoms with Crippen LogP contribution in [0.15, 0.2) is 59.8 Å². The minimum absolute atomic E-state index is 0.153. The molecule has 1 unspecified atom stereocenters. The smallest absolute Gasteiger partial charge is 0.243 e. The van der Waals surface area contributed by atoms with Gasteiger partial charge in [-0.25, -0.2) is 18.2 Å². The molecule has 0 saturated carbocycles. The molecule has 2 heterocycles. The lowest BCUT2D eigenvalue weighted by Gasteiger charge is -2.22. The molecule has 0 spiro atoms. The van der Waals surface area contributed by atoms with Crippen molar-refractivity contribution in [3.8, 4) is 0 Å². The molecule has 8 heteroatoms. The fraction of sp³-hybridized carbons (Fsp3) is 0.227. The third-order valence-corrected chi connectivity index (χ3v) is 4.95. The van der Waals surface area contributed by atoms with Crippen molar-refractivity contribution in [1.29, 1.82) is 0 Å². The first kappa shape index (κ1) is 19.9. The Balaban J connectivity index is 1.37. The normalized spacial score (nSPS) is 15.8. The van der Waals surface area contributed by atoms with Crippen LogP contribution in [0, 0.1) is 17.5 Å². The van der Waals surface area contributed by atoms with Gasteiger partial charge in [0, 0.05) is 42.8 Å². The molecular formula is C22H19F3N4O. The average Bonchev–Trinajstić information content (AvgIpc) is 3.31. The molecular weight excluding hydrogens is 393 g/mol. The number of carbonyl (C=O) groups is 1. The highest BCUT2D eigenvalue weighted by Gasteiger charge is 2.28. The molecule has 1 aliphatic heterocycles. The van der Waals surface area contributed by atoms with Crippen LogP contribution in [0.4, 0.5) is 13.2 Å². The van der Waals surface area contributed by atoms with Crippen LogP contribution in [-0.2, 0) is 11.3 Å². The fourth-order valence-corrected chi connectivity index (χ4v) is 3.53. The number of allylic oxidation sites excluding steroid dienone is 1. The predicted octanol–water partition coefficient (Wildman–Crippen LogP) is 4.75. The van der Waals surface area contributed by atoms with Crippen molar-refractivity contribution in [2.24, 2.45) is 5.10 Å². The number of hydrogen-bond donors (Lipinski definition) is 0. The van der Waals surface area contributed by atoms with E-state index in [1.54, 1.807) is 23.2 Å². The Morgan fingerprint density at radius 2 is 1.83 bits per heavy atom. The van der Waals surface area contributed by atoms with Crippen molar-refractivity contribution in [2.75, 3.05) is 0 Å². The molecule has 2 aromatic carbocycles. The van der Waals surface area contributed by atoms with Gasteiger partial charge < -0.3 is 0 Å². The van der Waals surface area contributed by atoms with Crippen molar-refractivity contribution >= 4 is 23.0 Å². The largest absolute Gasteiger partial charge is 0.273 e. The minimum atomic E-state index is -0.691. The summed E-state index contributed by atoms with van der Waals surface area (Å²) in [5.74, 6) is -1.99. The molecule has 1 amide bonds. The summed E-state index contributed by atoms with van der Waals surface area (Å²) in [6, 6.07) is 7.09. The third kappa shape index (κ3) is 4.27. The zero-order chi connectivity index (χ0) is 21.3. The monoisotopic (exact) mass is 412 g/mol. The zero-order valence-corrected chi connectivity index (χ0v) is 16.1. The van der Waals surface area contributed by atoms with Crippen LogP contribution in [0.5, 0.6) is 0 Å². The van der Waals surface area contributed by atoms with Crippen LogP contribution >= 0.6 is 0 Å². The van der Waals surface area contributed by atoms with Gasteiger partial charge in [-0.05, 0) is 36.2 Å². The van der Waals surface area contributed by atoms with Crippen LogP contribution in [0.2, 0.25) is 0 Å². The number of hydrazone groups is 1. The van der Waals surface area contributed by atoms with Crippen molar-refractivity contribution in [2.45, 2.75) is 31.8 Å². The highest BCUT2D eigenvalue weighted by molar-refractivity contribution is 5.80. The van der Waals surface area contributed by atoms with Gasteiger partial charge in [0.25, 0.3) is 0 Å². The first-order valence-electron chi connectivity index (χ1n) is 9.49. The Labute approximate surface area is 171 Å². The van der Waals surface area contributed by atoms with E-state index in [0.717, 1.165) is 17.0 Å². The maximum Gasteiger partial charge on any atom is 0.243 e. The zero-order valence-electron chi connectivity index (χ0n) is 16.1. The van der Waals surface area contributed by atoms with Crippen LogP contribution in [-0.4, -0.2) is 26.9 Å². The third-order valence-electron chi connectivity index (χ3n) is 4.95. The summed E-state index contributed by atoms with van der Waals surface area (Å²) in [5.41, 5.74) is 1.69. The van der Waals surface area contributed by atoms with E-state index in [9.17, 15) is 18.0 Å². The van der Waals surface area contributed by atoms with E-state index in [1.165, 1.54) is 29.3 Å². The van der Waals surface area contributed by atoms with Gasteiger partial charge in [-0.3, -0.25) is 9.48 Å². The summed E-state index contributed by atoms with van der Waals surface area (Å²) < 4.78 is 42.0. The van der Waals surface area contributed by atoms with Crippen LogP contribution in [0.3, 0.4) is 0 Å². The summed E-state index contributed by atoms with van der Waals surface area (Å²) in [7, 11) is 0. The first-order chi connectivity index (χ1) is 14.4. The molecule has 154 valence electrons. The Hall–Kier alpha value is -3.42. The summed E-state index contributed by atoms with van der Waals surface area (Å²) in [4.78, 5) is 12.7. The van der Waals surface area contributed by atoms with Crippen LogP contribution < -0.4 is 0 Å². The topological polar surface area (TPSA) is 50.5 Å². The van der Waals surface area contributed by atoms with Gasteiger partial charge in [-0.2, -0.15) is 10.2 Å². The van der Waals surface area contributed by atoms with E-state index in [4.69, 9.17) is 0 Å². The summed E-state index contributed by atoms with van der Waals surface area (Å²) >= 11 is 0. The van der Waals surface area contributed by atoms with E-state index >= 15 is 0 Å². The molecule has 1 aromatic heterocycles. The van der Waals surface area contributed by atoms with Gasteiger partial charge in [0.05, 0.1) is 18.1 Å². The van der Waals surface area contributed by atoms with Crippen molar-refractivity contribution in [3.63, 3.8) is 0 Å². The SMILES string of the molecule is C=C(CCC(=O)N1N=CCC1c1cc(F)cc(F)c1)Cn1cc2ccc(F)cc2n1. The molecule has 1 atom stereocenters. The van der Waals surface area contributed by atoms with E-state index in [-0.39, 0.29) is 18.1 Å². The van der Waals surface area contributed by atoms with Crippen LogP contribution in [0.1, 0.15) is 30.9 Å². The van der Waals surface area contributed by atoms with E-state index in [2.05, 4.69) is 16.8 Å². The second-order valence-electron chi connectivity index (χ2n) is 7.27. The predicted molar refractivity (Wildman–Crippen MR) is 107 cm³/mol. The first-order valence-corrected chi connectivity index (χ1v) is 9.49. The van der Waals surface area contributed by atoms with Gasteiger partial charge in [0.1, 0.15) is 17.5 Å². The second-order valence-corrected chi connectivity index (χ2v) is 7.27. The number of rotatable bonds is 6. The minimum Gasteiger partial charge on any atom is -0.273 e. The number of fused-ring (bicyclic) bond motifs is 1. The molecule has 1 aliphatic rings. The van der Waals surface area contributed by atoms with Crippen molar-refractivity contribution in [3.05, 3.63) is 77.8 Å². The van der Waals surface area contributed by atoms with E-state index in [1.807, 2.05) is 0 Å². The van der Waals surface area contributed by atoms with Gasteiger partial charge in [0.2, 0.25) is 5.91 Å². The second kappa shape index (κ2) is 8.14. The Kier molecular flexibility index (Phi) is 5.39. The lowest BCUT2D eigenvalue weighted by atomic mass is 10.0. The van der Waals surface area contributed by atoms with Crippen LogP contribution in [0.25, 0.3) is 10.9 Å². The lowest BCUT2D eigenvalue weighted by Crippen LogP contribution is -2.27. The molecule has 4 rings (SSSR count). The molecule has 3 aromatic rings. The number of benzene rings is 2. The lowest BCUT2D eigenvalue weighted by molar-refractivity contribution is -0.133. The molecule has 5 nitrogen and oxygen atoms in total.